The quantitative estimate of drug-likeness (QED) is 0.679. The maximum Gasteiger partial charge on any atom is 0.231 e. The second kappa shape index (κ2) is 7.56. The predicted octanol–water partition coefficient (Wildman–Crippen LogP) is 3.64. The lowest BCUT2D eigenvalue weighted by Gasteiger charge is -2.33. The molecule has 2 aliphatic rings. The molecular formula is C22H23N3O3. The van der Waals surface area contributed by atoms with E-state index in [0.29, 0.717) is 6.79 Å². The number of aromatic nitrogens is 2. The van der Waals surface area contributed by atoms with Gasteiger partial charge in [-0.3, -0.25) is 4.90 Å². The zero-order valence-electron chi connectivity index (χ0n) is 15.7. The van der Waals surface area contributed by atoms with Gasteiger partial charge in [-0.25, -0.2) is 4.98 Å². The van der Waals surface area contributed by atoms with Gasteiger partial charge in [-0.1, -0.05) is 6.07 Å². The standard InChI is InChI=1S/C22H23N3O3/c1-2-20(28-19-6-4-18(5-7-19)25-11-9-23-15-25)14-24(10-1)13-17-3-8-21-22(12-17)27-16-26-21/h3-9,11-12,15,20H,1-2,10,13-14,16H2/t20-/m0/s1. The topological polar surface area (TPSA) is 48.8 Å². The van der Waals surface area contributed by atoms with Crippen molar-refractivity contribution in [2.75, 3.05) is 19.9 Å². The van der Waals surface area contributed by atoms with Gasteiger partial charge in [-0.05, 0) is 61.3 Å². The van der Waals surface area contributed by atoms with Crippen molar-refractivity contribution in [3.05, 3.63) is 66.7 Å². The Bertz CT molecular complexity index is 925. The molecule has 144 valence electrons. The van der Waals surface area contributed by atoms with Gasteiger partial charge in [-0.2, -0.15) is 0 Å². The van der Waals surface area contributed by atoms with Gasteiger partial charge in [-0.15, -0.1) is 0 Å². The first-order valence-corrected chi connectivity index (χ1v) is 9.69. The van der Waals surface area contributed by atoms with Crippen LogP contribution in [0.3, 0.4) is 0 Å². The molecule has 0 aliphatic carbocycles. The fourth-order valence-electron chi connectivity index (χ4n) is 3.85. The summed E-state index contributed by atoms with van der Waals surface area (Å²) in [7, 11) is 0. The first-order chi connectivity index (χ1) is 13.8. The molecule has 3 heterocycles. The van der Waals surface area contributed by atoms with Crippen LogP contribution in [0, 0.1) is 0 Å². The summed E-state index contributed by atoms with van der Waals surface area (Å²) in [6.07, 6.45) is 7.95. The smallest absolute Gasteiger partial charge is 0.231 e. The highest BCUT2D eigenvalue weighted by Crippen LogP contribution is 2.33. The van der Waals surface area contributed by atoms with E-state index in [1.165, 1.54) is 5.56 Å². The summed E-state index contributed by atoms with van der Waals surface area (Å²) in [4.78, 5) is 6.54. The minimum absolute atomic E-state index is 0.210. The number of fused-ring (bicyclic) bond motifs is 1. The van der Waals surface area contributed by atoms with Crippen LogP contribution in [0.4, 0.5) is 0 Å². The lowest BCUT2D eigenvalue weighted by Crippen LogP contribution is -2.40. The molecule has 0 amide bonds. The van der Waals surface area contributed by atoms with E-state index in [0.717, 1.165) is 55.4 Å². The number of piperidine rings is 1. The Morgan fingerprint density at radius 1 is 1.07 bits per heavy atom. The molecule has 1 aromatic heterocycles. The van der Waals surface area contributed by atoms with E-state index >= 15 is 0 Å². The summed E-state index contributed by atoms with van der Waals surface area (Å²) in [6.45, 7) is 3.24. The molecule has 6 nitrogen and oxygen atoms in total. The summed E-state index contributed by atoms with van der Waals surface area (Å²) in [6, 6.07) is 14.4. The van der Waals surface area contributed by atoms with Crippen molar-refractivity contribution >= 4 is 0 Å². The lowest BCUT2D eigenvalue weighted by atomic mass is 10.1. The molecule has 6 heteroatoms. The molecule has 0 radical (unpaired) electrons. The number of rotatable bonds is 5. The Kier molecular flexibility index (Phi) is 4.62. The molecular weight excluding hydrogens is 354 g/mol. The van der Waals surface area contributed by atoms with Crippen LogP contribution < -0.4 is 14.2 Å². The van der Waals surface area contributed by atoms with E-state index in [1.54, 1.807) is 12.5 Å². The molecule has 1 fully saturated rings. The van der Waals surface area contributed by atoms with E-state index in [2.05, 4.69) is 34.1 Å². The Hall–Kier alpha value is -2.99. The van der Waals surface area contributed by atoms with Crippen molar-refractivity contribution < 1.29 is 14.2 Å². The molecule has 1 saturated heterocycles. The third kappa shape index (κ3) is 3.68. The zero-order chi connectivity index (χ0) is 18.8. The van der Waals surface area contributed by atoms with E-state index in [-0.39, 0.29) is 6.10 Å². The zero-order valence-corrected chi connectivity index (χ0v) is 15.7. The van der Waals surface area contributed by atoms with Crippen LogP contribution >= 0.6 is 0 Å². The molecule has 2 aliphatic heterocycles. The van der Waals surface area contributed by atoms with Crippen LogP contribution in [0.25, 0.3) is 5.69 Å². The molecule has 0 N–H and O–H groups in total. The van der Waals surface area contributed by atoms with Crippen molar-refractivity contribution in [2.24, 2.45) is 0 Å². The monoisotopic (exact) mass is 377 g/mol. The number of ether oxygens (including phenoxy) is 3. The van der Waals surface area contributed by atoms with Crippen molar-refractivity contribution in [3.8, 4) is 22.9 Å². The van der Waals surface area contributed by atoms with Crippen molar-refractivity contribution in [1.82, 2.24) is 14.5 Å². The van der Waals surface area contributed by atoms with Crippen LogP contribution in [0.2, 0.25) is 0 Å². The fourth-order valence-corrected chi connectivity index (χ4v) is 3.85. The van der Waals surface area contributed by atoms with Gasteiger partial charge in [0.1, 0.15) is 11.9 Å². The third-order valence-electron chi connectivity index (χ3n) is 5.25. The lowest BCUT2D eigenvalue weighted by molar-refractivity contribution is 0.0843. The molecule has 0 spiro atoms. The van der Waals surface area contributed by atoms with Gasteiger partial charge in [0.15, 0.2) is 11.5 Å². The van der Waals surface area contributed by atoms with E-state index < -0.39 is 0 Å². The van der Waals surface area contributed by atoms with Crippen molar-refractivity contribution in [2.45, 2.75) is 25.5 Å². The Morgan fingerprint density at radius 3 is 2.82 bits per heavy atom. The van der Waals surface area contributed by atoms with Gasteiger partial charge in [0.2, 0.25) is 6.79 Å². The first-order valence-electron chi connectivity index (χ1n) is 9.69. The second-order valence-corrected chi connectivity index (χ2v) is 7.27. The molecule has 0 unspecified atom stereocenters. The Labute approximate surface area is 164 Å². The highest BCUT2D eigenvalue weighted by atomic mass is 16.7. The molecule has 28 heavy (non-hydrogen) atoms. The maximum absolute atomic E-state index is 6.26. The number of benzene rings is 2. The van der Waals surface area contributed by atoms with Gasteiger partial charge in [0.05, 0.1) is 6.33 Å². The first kappa shape index (κ1) is 17.1. The normalized spacial score (nSPS) is 18.9. The third-order valence-corrected chi connectivity index (χ3v) is 5.25. The highest BCUT2D eigenvalue weighted by Gasteiger charge is 2.22. The second-order valence-electron chi connectivity index (χ2n) is 7.27. The van der Waals surface area contributed by atoms with Crippen LogP contribution in [0.15, 0.2) is 61.2 Å². The van der Waals surface area contributed by atoms with Crippen molar-refractivity contribution in [3.63, 3.8) is 0 Å². The van der Waals surface area contributed by atoms with E-state index in [4.69, 9.17) is 14.2 Å². The predicted molar refractivity (Wildman–Crippen MR) is 105 cm³/mol. The summed E-state index contributed by atoms with van der Waals surface area (Å²) in [5.41, 5.74) is 2.33. The highest BCUT2D eigenvalue weighted by molar-refractivity contribution is 5.44. The van der Waals surface area contributed by atoms with E-state index in [1.807, 2.05) is 29.0 Å². The minimum atomic E-state index is 0.210. The Balaban J connectivity index is 1.20. The summed E-state index contributed by atoms with van der Waals surface area (Å²) < 4.78 is 19.1. The minimum Gasteiger partial charge on any atom is -0.489 e. The average Bonchev–Trinajstić information content (AvgIpc) is 3.41. The van der Waals surface area contributed by atoms with E-state index in [9.17, 15) is 0 Å². The fraction of sp³-hybridized carbons (Fsp3) is 0.318. The number of hydrogen-bond donors (Lipinski definition) is 0. The average molecular weight is 377 g/mol. The largest absolute Gasteiger partial charge is 0.489 e. The molecule has 5 rings (SSSR count). The molecule has 2 aromatic carbocycles. The molecule has 0 saturated carbocycles. The molecule has 1 atom stereocenters. The summed E-state index contributed by atoms with van der Waals surface area (Å²) >= 11 is 0. The van der Waals surface area contributed by atoms with Crippen molar-refractivity contribution in [1.29, 1.82) is 0 Å². The van der Waals surface area contributed by atoms with Crippen LogP contribution in [-0.4, -0.2) is 40.4 Å². The summed E-state index contributed by atoms with van der Waals surface area (Å²) in [5, 5.41) is 0. The number of hydrogen-bond acceptors (Lipinski definition) is 5. The molecule has 3 aromatic rings. The van der Waals surface area contributed by atoms with Gasteiger partial charge >= 0.3 is 0 Å². The molecule has 0 bridgehead atoms. The number of nitrogens with zero attached hydrogens (tertiary/aromatic N) is 3. The van der Waals surface area contributed by atoms with Gasteiger partial charge in [0.25, 0.3) is 0 Å². The Morgan fingerprint density at radius 2 is 1.96 bits per heavy atom. The van der Waals surface area contributed by atoms with Crippen LogP contribution in [-0.2, 0) is 6.54 Å². The van der Waals surface area contributed by atoms with Crippen LogP contribution in [0.5, 0.6) is 17.2 Å². The van der Waals surface area contributed by atoms with Crippen LogP contribution in [0.1, 0.15) is 18.4 Å². The summed E-state index contributed by atoms with van der Waals surface area (Å²) in [5.74, 6) is 2.60. The number of imidazole rings is 1. The van der Waals surface area contributed by atoms with Gasteiger partial charge in [0, 0.05) is 31.2 Å². The number of likely N-dealkylation sites (tertiary alicyclic amines) is 1. The SMILES string of the molecule is c1cn(-c2ccc(O[C@H]3CCCN(Cc4ccc5c(c4)OCO5)C3)cc2)cn1. The maximum atomic E-state index is 6.26. The van der Waals surface area contributed by atoms with Gasteiger partial charge < -0.3 is 18.8 Å².